The predicted molar refractivity (Wildman–Crippen MR) is 94.4 cm³/mol. The first kappa shape index (κ1) is 19.4. The fourth-order valence-corrected chi connectivity index (χ4v) is 2.12. The van der Waals surface area contributed by atoms with Crippen LogP contribution in [0.5, 0.6) is 11.5 Å². The molecule has 0 aliphatic heterocycles. The number of halogens is 2. The van der Waals surface area contributed by atoms with Crippen LogP contribution in [0.4, 0.5) is 14.5 Å². The summed E-state index contributed by atoms with van der Waals surface area (Å²) < 4.78 is 42.7. The lowest BCUT2D eigenvalue weighted by molar-refractivity contribution is -0.111. The van der Waals surface area contributed by atoms with Crippen LogP contribution in [-0.4, -0.2) is 33.3 Å². The van der Waals surface area contributed by atoms with Gasteiger partial charge in [-0.25, -0.2) is 8.78 Å². The second-order valence-corrected chi connectivity index (χ2v) is 5.16. The predicted octanol–water partition coefficient (Wildman–Crippen LogP) is 3.65. The first-order valence-corrected chi connectivity index (χ1v) is 7.78. The Morgan fingerprint density at radius 3 is 2.46 bits per heavy atom. The summed E-state index contributed by atoms with van der Waals surface area (Å²) in [4.78, 5) is 12.0. The highest BCUT2D eigenvalue weighted by Crippen LogP contribution is 2.30. The zero-order valence-electron chi connectivity index (χ0n) is 14.4. The normalized spacial score (nSPS) is 10.8. The van der Waals surface area contributed by atoms with Crippen LogP contribution in [0.1, 0.15) is 5.56 Å². The van der Waals surface area contributed by atoms with Crippen LogP contribution in [-0.2, 0) is 9.53 Å². The van der Waals surface area contributed by atoms with Gasteiger partial charge in [0.25, 0.3) is 0 Å². The van der Waals surface area contributed by atoms with Gasteiger partial charge in [-0.2, -0.15) is 0 Å². The lowest BCUT2D eigenvalue weighted by Crippen LogP contribution is -2.09. The van der Waals surface area contributed by atoms with Crippen molar-refractivity contribution in [1.29, 1.82) is 0 Å². The molecule has 2 rings (SSSR count). The largest absolute Gasteiger partial charge is 0.493 e. The van der Waals surface area contributed by atoms with Gasteiger partial charge in [0.05, 0.1) is 13.7 Å². The SMILES string of the molecule is COCCOc1cc(NC(=O)/C=C/c2c(F)cccc2F)ccc1OC. The van der Waals surface area contributed by atoms with Crippen molar-refractivity contribution >= 4 is 17.7 Å². The lowest BCUT2D eigenvalue weighted by atomic mass is 10.2. The monoisotopic (exact) mass is 363 g/mol. The van der Waals surface area contributed by atoms with Crippen molar-refractivity contribution in [2.75, 3.05) is 32.8 Å². The number of carbonyl (C=O) groups is 1. The van der Waals surface area contributed by atoms with Gasteiger partial charge in [-0.1, -0.05) is 6.07 Å². The molecule has 0 saturated carbocycles. The molecule has 0 aliphatic carbocycles. The minimum Gasteiger partial charge on any atom is -0.493 e. The average molecular weight is 363 g/mol. The molecular weight excluding hydrogens is 344 g/mol. The molecule has 0 unspecified atom stereocenters. The Morgan fingerprint density at radius 1 is 1.08 bits per heavy atom. The summed E-state index contributed by atoms with van der Waals surface area (Å²) in [6, 6.07) is 8.34. The summed E-state index contributed by atoms with van der Waals surface area (Å²) in [5, 5.41) is 2.60. The molecule has 0 saturated heterocycles. The summed E-state index contributed by atoms with van der Waals surface area (Å²) in [5.74, 6) is -1.09. The lowest BCUT2D eigenvalue weighted by Gasteiger charge is -2.12. The molecule has 2 aromatic carbocycles. The highest BCUT2D eigenvalue weighted by atomic mass is 19.1. The number of ether oxygens (including phenoxy) is 3. The third-order valence-corrected chi connectivity index (χ3v) is 3.38. The maximum atomic E-state index is 13.5. The maximum absolute atomic E-state index is 13.5. The quantitative estimate of drug-likeness (QED) is 0.575. The van der Waals surface area contributed by atoms with E-state index in [0.29, 0.717) is 30.4 Å². The number of nitrogens with one attached hydrogen (secondary N) is 1. The molecule has 0 bridgehead atoms. The molecule has 138 valence electrons. The van der Waals surface area contributed by atoms with E-state index in [9.17, 15) is 13.6 Å². The molecule has 5 nitrogen and oxygen atoms in total. The topological polar surface area (TPSA) is 56.8 Å². The Bertz CT molecular complexity index is 773. The third kappa shape index (κ3) is 5.29. The van der Waals surface area contributed by atoms with Gasteiger partial charge in [-0.3, -0.25) is 4.79 Å². The number of carbonyl (C=O) groups excluding carboxylic acids is 1. The van der Waals surface area contributed by atoms with Gasteiger partial charge in [0.15, 0.2) is 11.5 Å². The number of benzene rings is 2. The first-order valence-electron chi connectivity index (χ1n) is 7.78. The molecule has 0 heterocycles. The van der Waals surface area contributed by atoms with E-state index < -0.39 is 17.5 Å². The van der Waals surface area contributed by atoms with E-state index in [1.807, 2.05) is 0 Å². The maximum Gasteiger partial charge on any atom is 0.248 e. The minimum absolute atomic E-state index is 0.277. The Hall–Kier alpha value is -2.93. The van der Waals surface area contributed by atoms with Crippen molar-refractivity contribution in [3.05, 3.63) is 59.7 Å². The fourth-order valence-electron chi connectivity index (χ4n) is 2.12. The molecule has 1 amide bonds. The smallest absolute Gasteiger partial charge is 0.248 e. The van der Waals surface area contributed by atoms with Crippen LogP contribution >= 0.6 is 0 Å². The fraction of sp³-hybridized carbons (Fsp3) is 0.211. The molecule has 0 spiro atoms. The van der Waals surface area contributed by atoms with Crippen molar-refractivity contribution in [1.82, 2.24) is 0 Å². The van der Waals surface area contributed by atoms with E-state index in [2.05, 4.69) is 5.32 Å². The van der Waals surface area contributed by atoms with Gasteiger partial charge in [-0.05, 0) is 30.3 Å². The van der Waals surface area contributed by atoms with Gasteiger partial charge >= 0.3 is 0 Å². The Labute approximate surface area is 150 Å². The molecule has 0 fully saturated rings. The van der Waals surface area contributed by atoms with E-state index >= 15 is 0 Å². The molecule has 0 aromatic heterocycles. The summed E-state index contributed by atoms with van der Waals surface area (Å²) >= 11 is 0. The van der Waals surface area contributed by atoms with Crippen LogP contribution in [0.3, 0.4) is 0 Å². The van der Waals surface area contributed by atoms with Crippen molar-refractivity contribution < 1.29 is 27.8 Å². The van der Waals surface area contributed by atoms with Crippen molar-refractivity contribution in [3.8, 4) is 11.5 Å². The van der Waals surface area contributed by atoms with E-state index in [0.717, 1.165) is 24.3 Å². The van der Waals surface area contributed by atoms with Gasteiger partial charge in [0, 0.05) is 30.5 Å². The highest BCUT2D eigenvalue weighted by molar-refractivity contribution is 6.02. The number of rotatable bonds is 8. The Balaban J connectivity index is 2.08. The van der Waals surface area contributed by atoms with Crippen LogP contribution < -0.4 is 14.8 Å². The average Bonchev–Trinajstić information content (AvgIpc) is 2.62. The zero-order valence-corrected chi connectivity index (χ0v) is 14.4. The van der Waals surface area contributed by atoms with Gasteiger partial charge < -0.3 is 19.5 Å². The minimum atomic E-state index is -0.743. The van der Waals surface area contributed by atoms with Crippen molar-refractivity contribution in [3.63, 3.8) is 0 Å². The molecular formula is C19H19F2NO4. The molecule has 0 aliphatic rings. The Kier molecular flexibility index (Phi) is 7.11. The van der Waals surface area contributed by atoms with Crippen molar-refractivity contribution in [2.24, 2.45) is 0 Å². The number of anilines is 1. The molecule has 2 aromatic rings. The molecule has 0 radical (unpaired) electrons. The van der Waals surface area contributed by atoms with Crippen LogP contribution in [0.25, 0.3) is 6.08 Å². The number of methoxy groups -OCH3 is 2. The molecule has 7 heteroatoms. The zero-order chi connectivity index (χ0) is 18.9. The van der Waals surface area contributed by atoms with Gasteiger partial charge in [0.1, 0.15) is 18.2 Å². The molecule has 0 atom stereocenters. The molecule has 1 N–H and O–H groups in total. The first-order chi connectivity index (χ1) is 12.5. The van der Waals surface area contributed by atoms with Gasteiger partial charge in [-0.15, -0.1) is 0 Å². The number of hydrogen-bond acceptors (Lipinski definition) is 4. The number of hydrogen-bond donors (Lipinski definition) is 1. The second-order valence-electron chi connectivity index (χ2n) is 5.16. The molecule has 26 heavy (non-hydrogen) atoms. The summed E-state index contributed by atoms with van der Waals surface area (Å²) in [6.45, 7) is 0.716. The standard InChI is InChI=1S/C19H19F2NO4/c1-24-10-11-26-18-12-13(6-8-17(18)25-2)22-19(23)9-7-14-15(20)4-3-5-16(14)21/h3-9,12H,10-11H2,1-2H3,(H,22,23)/b9-7+. The number of amides is 1. The second kappa shape index (κ2) is 9.53. The van der Waals surface area contributed by atoms with Gasteiger partial charge in [0.2, 0.25) is 5.91 Å². The van der Waals surface area contributed by atoms with E-state index in [1.165, 1.54) is 13.2 Å². The van der Waals surface area contributed by atoms with Crippen LogP contribution in [0, 0.1) is 11.6 Å². The van der Waals surface area contributed by atoms with E-state index in [4.69, 9.17) is 14.2 Å². The third-order valence-electron chi connectivity index (χ3n) is 3.38. The van der Waals surface area contributed by atoms with Crippen LogP contribution in [0.15, 0.2) is 42.5 Å². The van der Waals surface area contributed by atoms with E-state index in [1.54, 1.807) is 25.3 Å². The van der Waals surface area contributed by atoms with E-state index in [-0.39, 0.29) is 5.56 Å². The summed E-state index contributed by atoms with van der Waals surface area (Å²) in [5.41, 5.74) is 0.169. The Morgan fingerprint density at radius 2 is 1.81 bits per heavy atom. The van der Waals surface area contributed by atoms with Crippen molar-refractivity contribution in [2.45, 2.75) is 0 Å². The highest BCUT2D eigenvalue weighted by Gasteiger charge is 2.08. The summed E-state index contributed by atoms with van der Waals surface area (Å²) in [6.07, 6.45) is 2.14. The van der Waals surface area contributed by atoms with Crippen LogP contribution in [0.2, 0.25) is 0 Å². The summed E-state index contributed by atoms with van der Waals surface area (Å²) in [7, 11) is 3.06.